The normalized spacial score (nSPS) is 22.2. The number of fused-ring (bicyclic) bond motifs is 2. The standard InChI is InChI=1S/C22H16ClN5O2/c23-14-4-1-3-12(7-14)13-8-15-16(9-13)19(15)21-26-18(30-27-21)10-28-11-25-17-5-2-6-24-20(17)22(28)29/h1-8,11,15-16,19H,9-10H2. The van der Waals surface area contributed by atoms with Gasteiger partial charge in [0.15, 0.2) is 11.3 Å². The lowest BCUT2D eigenvalue weighted by Crippen LogP contribution is -2.22. The van der Waals surface area contributed by atoms with Gasteiger partial charge in [0.05, 0.1) is 11.8 Å². The fourth-order valence-electron chi connectivity index (χ4n) is 4.42. The number of allylic oxidation sites excluding steroid dienone is 2. The third kappa shape index (κ3) is 2.85. The van der Waals surface area contributed by atoms with Crippen molar-refractivity contribution in [3.63, 3.8) is 0 Å². The average Bonchev–Trinajstić information content (AvgIpc) is 3.10. The second kappa shape index (κ2) is 6.60. The van der Waals surface area contributed by atoms with Gasteiger partial charge < -0.3 is 4.52 Å². The van der Waals surface area contributed by atoms with E-state index in [9.17, 15) is 4.79 Å². The van der Waals surface area contributed by atoms with E-state index >= 15 is 0 Å². The van der Waals surface area contributed by atoms with E-state index < -0.39 is 0 Å². The van der Waals surface area contributed by atoms with E-state index in [-0.39, 0.29) is 18.0 Å². The number of hydrogen-bond donors (Lipinski definition) is 0. The summed E-state index contributed by atoms with van der Waals surface area (Å²) in [6.07, 6.45) is 6.36. The van der Waals surface area contributed by atoms with Crippen molar-refractivity contribution in [1.29, 1.82) is 0 Å². The van der Waals surface area contributed by atoms with Crippen molar-refractivity contribution in [3.8, 4) is 0 Å². The van der Waals surface area contributed by atoms with Crippen molar-refractivity contribution < 1.29 is 4.52 Å². The number of benzene rings is 1. The minimum absolute atomic E-state index is 0.178. The maximum Gasteiger partial charge on any atom is 0.280 e. The molecule has 0 saturated heterocycles. The molecule has 148 valence electrons. The van der Waals surface area contributed by atoms with Crippen LogP contribution in [0.5, 0.6) is 0 Å². The van der Waals surface area contributed by atoms with Crippen LogP contribution < -0.4 is 5.56 Å². The van der Waals surface area contributed by atoms with E-state index in [0.717, 1.165) is 11.4 Å². The van der Waals surface area contributed by atoms with Gasteiger partial charge in [-0.05, 0) is 53.7 Å². The number of hydrogen-bond acceptors (Lipinski definition) is 6. The van der Waals surface area contributed by atoms with Crippen LogP contribution >= 0.6 is 11.6 Å². The molecule has 1 fully saturated rings. The fourth-order valence-corrected chi connectivity index (χ4v) is 4.61. The lowest BCUT2D eigenvalue weighted by Gasteiger charge is -2.06. The highest BCUT2D eigenvalue weighted by Crippen LogP contribution is 2.62. The molecule has 0 amide bonds. The minimum atomic E-state index is -0.224. The van der Waals surface area contributed by atoms with Crippen LogP contribution in [0.25, 0.3) is 16.6 Å². The summed E-state index contributed by atoms with van der Waals surface area (Å²) >= 11 is 6.12. The third-order valence-electron chi connectivity index (χ3n) is 5.95. The molecule has 7 nitrogen and oxygen atoms in total. The molecule has 2 aliphatic carbocycles. The first-order chi connectivity index (χ1) is 14.7. The highest BCUT2D eigenvalue weighted by Gasteiger charge is 2.55. The molecule has 3 heterocycles. The van der Waals surface area contributed by atoms with Crippen LogP contribution in [0, 0.1) is 11.8 Å². The van der Waals surface area contributed by atoms with Gasteiger partial charge >= 0.3 is 0 Å². The van der Waals surface area contributed by atoms with Crippen molar-refractivity contribution in [2.75, 3.05) is 0 Å². The van der Waals surface area contributed by atoms with E-state index in [0.29, 0.717) is 34.6 Å². The maximum atomic E-state index is 12.6. The van der Waals surface area contributed by atoms with Crippen molar-refractivity contribution in [2.24, 2.45) is 11.8 Å². The molecular weight excluding hydrogens is 402 g/mol. The summed E-state index contributed by atoms with van der Waals surface area (Å²) < 4.78 is 6.86. The molecule has 0 spiro atoms. The van der Waals surface area contributed by atoms with Gasteiger partial charge in [0.2, 0.25) is 5.89 Å². The lowest BCUT2D eigenvalue weighted by atomic mass is 10.0. The molecule has 3 atom stereocenters. The predicted octanol–water partition coefficient (Wildman–Crippen LogP) is 3.69. The van der Waals surface area contributed by atoms with E-state index in [4.69, 9.17) is 16.1 Å². The molecule has 30 heavy (non-hydrogen) atoms. The molecule has 1 aromatic carbocycles. The zero-order valence-electron chi connectivity index (χ0n) is 15.8. The molecular formula is C22H16ClN5O2. The Hall–Kier alpha value is -3.32. The SMILES string of the molecule is O=c1c2ncccc2ncn1Cc1nc(C2C3C=C(c4cccc(Cl)c4)CC32)no1. The van der Waals surface area contributed by atoms with Gasteiger partial charge in [0.1, 0.15) is 6.54 Å². The number of halogens is 1. The molecule has 3 aromatic heterocycles. The molecule has 2 aliphatic rings. The van der Waals surface area contributed by atoms with E-state index in [1.807, 2.05) is 18.2 Å². The van der Waals surface area contributed by atoms with Crippen molar-refractivity contribution in [2.45, 2.75) is 18.9 Å². The fraction of sp³-hybridized carbons (Fsp3) is 0.227. The first kappa shape index (κ1) is 17.5. The van der Waals surface area contributed by atoms with E-state index in [1.165, 1.54) is 22.0 Å². The highest BCUT2D eigenvalue weighted by molar-refractivity contribution is 6.30. The van der Waals surface area contributed by atoms with Gasteiger partial charge in [0, 0.05) is 17.1 Å². The Bertz CT molecular complexity index is 1380. The summed E-state index contributed by atoms with van der Waals surface area (Å²) in [5.41, 5.74) is 3.18. The Labute approximate surface area is 176 Å². The van der Waals surface area contributed by atoms with Gasteiger partial charge in [-0.1, -0.05) is 35.0 Å². The quantitative estimate of drug-likeness (QED) is 0.503. The third-order valence-corrected chi connectivity index (χ3v) is 6.18. The molecule has 3 unspecified atom stereocenters. The summed E-state index contributed by atoms with van der Waals surface area (Å²) in [7, 11) is 0. The number of rotatable bonds is 4. The maximum absolute atomic E-state index is 12.6. The Morgan fingerprint density at radius 1 is 1.20 bits per heavy atom. The van der Waals surface area contributed by atoms with Gasteiger partial charge in [-0.25, -0.2) is 9.97 Å². The summed E-state index contributed by atoms with van der Waals surface area (Å²) in [4.78, 5) is 25.5. The Morgan fingerprint density at radius 3 is 2.97 bits per heavy atom. The smallest absolute Gasteiger partial charge is 0.280 e. The van der Waals surface area contributed by atoms with Crippen LogP contribution in [0.1, 0.15) is 29.6 Å². The Balaban J connectivity index is 1.20. The summed E-state index contributed by atoms with van der Waals surface area (Å²) in [5, 5.41) is 4.92. The molecule has 0 radical (unpaired) electrons. The van der Waals surface area contributed by atoms with Crippen LogP contribution in [0.4, 0.5) is 0 Å². The molecule has 0 bridgehead atoms. The van der Waals surface area contributed by atoms with E-state index in [2.05, 4.69) is 32.3 Å². The molecule has 6 rings (SSSR count). The Kier molecular flexibility index (Phi) is 3.86. The van der Waals surface area contributed by atoms with Crippen LogP contribution in [0.2, 0.25) is 5.02 Å². The van der Waals surface area contributed by atoms with Crippen LogP contribution in [0.3, 0.4) is 0 Å². The predicted molar refractivity (Wildman–Crippen MR) is 111 cm³/mol. The lowest BCUT2D eigenvalue weighted by molar-refractivity contribution is 0.364. The molecule has 0 aliphatic heterocycles. The number of pyridine rings is 1. The van der Waals surface area contributed by atoms with Crippen molar-refractivity contribution >= 4 is 28.2 Å². The second-order valence-corrected chi connectivity index (χ2v) is 8.20. The first-order valence-electron chi connectivity index (χ1n) is 9.77. The highest BCUT2D eigenvalue weighted by atomic mass is 35.5. The van der Waals surface area contributed by atoms with Crippen molar-refractivity contribution in [1.82, 2.24) is 24.7 Å². The van der Waals surface area contributed by atoms with Gasteiger partial charge in [-0.2, -0.15) is 4.98 Å². The number of nitrogens with zero attached hydrogens (tertiary/aromatic N) is 5. The molecule has 8 heteroatoms. The zero-order chi connectivity index (χ0) is 20.2. The largest absolute Gasteiger partial charge is 0.337 e. The molecule has 4 aromatic rings. The first-order valence-corrected chi connectivity index (χ1v) is 10.1. The van der Waals surface area contributed by atoms with Crippen LogP contribution in [0.15, 0.2) is 64.3 Å². The zero-order valence-corrected chi connectivity index (χ0v) is 16.5. The van der Waals surface area contributed by atoms with Crippen LogP contribution in [-0.4, -0.2) is 24.7 Å². The summed E-state index contributed by atoms with van der Waals surface area (Å²) in [5.74, 6) is 2.31. The summed E-state index contributed by atoms with van der Waals surface area (Å²) in [6.45, 7) is 0.178. The molecule has 1 saturated carbocycles. The second-order valence-electron chi connectivity index (χ2n) is 7.77. The van der Waals surface area contributed by atoms with Gasteiger partial charge in [0.25, 0.3) is 5.56 Å². The van der Waals surface area contributed by atoms with Gasteiger partial charge in [-0.3, -0.25) is 9.36 Å². The number of aromatic nitrogens is 5. The molecule has 0 N–H and O–H groups in total. The topological polar surface area (TPSA) is 86.7 Å². The minimum Gasteiger partial charge on any atom is -0.337 e. The average molecular weight is 418 g/mol. The van der Waals surface area contributed by atoms with Crippen LogP contribution in [-0.2, 0) is 6.54 Å². The summed E-state index contributed by atoms with van der Waals surface area (Å²) in [6, 6.07) is 11.5. The monoisotopic (exact) mass is 417 g/mol. The van der Waals surface area contributed by atoms with Gasteiger partial charge in [-0.15, -0.1) is 0 Å². The Morgan fingerprint density at radius 2 is 2.13 bits per heavy atom. The van der Waals surface area contributed by atoms with Crippen molar-refractivity contribution in [3.05, 3.63) is 87.7 Å². The van der Waals surface area contributed by atoms with E-state index in [1.54, 1.807) is 18.3 Å².